The van der Waals surface area contributed by atoms with E-state index in [-0.39, 0.29) is 11.9 Å². The SMILES string of the molecule is COCCNC(=O)C(C)NC(C)(C)C(C)(C)O. The monoisotopic (exact) mass is 246 g/mol. The summed E-state index contributed by atoms with van der Waals surface area (Å²) in [7, 11) is 1.59. The molecule has 0 aliphatic heterocycles. The molecule has 0 bridgehead atoms. The second-order valence-corrected chi connectivity index (χ2v) is 5.33. The van der Waals surface area contributed by atoms with E-state index in [1.165, 1.54) is 0 Å². The molecular weight excluding hydrogens is 220 g/mol. The molecule has 5 heteroatoms. The minimum atomic E-state index is -0.909. The second kappa shape index (κ2) is 6.33. The molecule has 0 aliphatic carbocycles. The zero-order valence-corrected chi connectivity index (χ0v) is 11.8. The number of methoxy groups -OCH3 is 1. The van der Waals surface area contributed by atoms with Gasteiger partial charge in [0, 0.05) is 19.2 Å². The summed E-state index contributed by atoms with van der Waals surface area (Å²) in [6, 6.07) is -0.367. The highest BCUT2D eigenvalue weighted by Gasteiger charge is 2.36. The number of amides is 1. The summed E-state index contributed by atoms with van der Waals surface area (Å²) in [6.07, 6.45) is 0. The van der Waals surface area contributed by atoms with Crippen molar-refractivity contribution >= 4 is 5.91 Å². The van der Waals surface area contributed by atoms with Crippen LogP contribution in [0.4, 0.5) is 0 Å². The molecule has 0 spiro atoms. The summed E-state index contributed by atoms with van der Waals surface area (Å²) in [5.41, 5.74) is -1.46. The van der Waals surface area contributed by atoms with Crippen LogP contribution in [0.25, 0.3) is 0 Å². The van der Waals surface area contributed by atoms with Gasteiger partial charge in [-0.3, -0.25) is 10.1 Å². The third kappa shape index (κ3) is 5.48. The normalized spacial score (nSPS) is 14.5. The van der Waals surface area contributed by atoms with E-state index in [9.17, 15) is 9.90 Å². The quantitative estimate of drug-likeness (QED) is 0.564. The Bertz CT molecular complexity index is 247. The zero-order valence-electron chi connectivity index (χ0n) is 11.8. The molecule has 1 unspecified atom stereocenters. The number of ether oxygens (including phenoxy) is 1. The first kappa shape index (κ1) is 16.4. The molecule has 0 aromatic carbocycles. The second-order valence-electron chi connectivity index (χ2n) is 5.33. The fraction of sp³-hybridized carbons (Fsp3) is 0.917. The largest absolute Gasteiger partial charge is 0.389 e. The molecule has 0 saturated heterocycles. The predicted molar refractivity (Wildman–Crippen MR) is 67.9 cm³/mol. The number of nitrogens with one attached hydrogen (secondary N) is 2. The van der Waals surface area contributed by atoms with Crippen molar-refractivity contribution in [2.45, 2.75) is 51.8 Å². The minimum Gasteiger partial charge on any atom is -0.389 e. The van der Waals surface area contributed by atoms with E-state index in [4.69, 9.17) is 4.74 Å². The molecule has 17 heavy (non-hydrogen) atoms. The molecule has 0 heterocycles. The molecule has 0 radical (unpaired) electrons. The lowest BCUT2D eigenvalue weighted by Gasteiger charge is -2.40. The molecular formula is C12H26N2O3. The average Bonchev–Trinajstić information content (AvgIpc) is 2.15. The first-order valence-electron chi connectivity index (χ1n) is 5.88. The van der Waals surface area contributed by atoms with E-state index in [1.54, 1.807) is 27.9 Å². The van der Waals surface area contributed by atoms with Crippen LogP contribution in [0, 0.1) is 0 Å². The minimum absolute atomic E-state index is 0.0978. The molecule has 102 valence electrons. The van der Waals surface area contributed by atoms with Crippen LogP contribution in [0.5, 0.6) is 0 Å². The number of rotatable bonds is 7. The summed E-state index contributed by atoms with van der Waals surface area (Å²) in [4.78, 5) is 11.7. The van der Waals surface area contributed by atoms with Gasteiger partial charge >= 0.3 is 0 Å². The Balaban J connectivity index is 4.25. The summed E-state index contributed by atoms with van der Waals surface area (Å²) >= 11 is 0. The summed E-state index contributed by atoms with van der Waals surface area (Å²) in [5.74, 6) is -0.0978. The number of aliphatic hydroxyl groups is 1. The van der Waals surface area contributed by atoms with E-state index in [0.29, 0.717) is 13.2 Å². The molecule has 5 nitrogen and oxygen atoms in total. The Morgan fingerprint density at radius 3 is 2.29 bits per heavy atom. The van der Waals surface area contributed by atoms with Crippen LogP contribution < -0.4 is 10.6 Å². The van der Waals surface area contributed by atoms with Gasteiger partial charge in [-0.15, -0.1) is 0 Å². The van der Waals surface area contributed by atoms with Gasteiger partial charge in [0.15, 0.2) is 0 Å². The molecule has 0 aliphatic rings. The number of carbonyl (C=O) groups is 1. The smallest absolute Gasteiger partial charge is 0.236 e. The van der Waals surface area contributed by atoms with Crippen molar-refractivity contribution in [3.8, 4) is 0 Å². The highest BCUT2D eigenvalue weighted by atomic mass is 16.5. The molecule has 1 amide bonds. The lowest BCUT2D eigenvalue weighted by atomic mass is 9.85. The lowest BCUT2D eigenvalue weighted by molar-refractivity contribution is -0.124. The Labute approximate surface area is 104 Å². The Hall–Kier alpha value is -0.650. The van der Waals surface area contributed by atoms with Crippen molar-refractivity contribution in [3.05, 3.63) is 0 Å². The van der Waals surface area contributed by atoms with Crippen LogP contribution in [0.2, 0.25) is 0 Å². The highest BCUT2D eigenvalue weighted by Crippen LogP contribution is 2.20. The average molecular weight is 246 g/mol. The van der Waals surface area contributed by atoms with E-state index in [2.05, 4.69) is 10.6 Å². The van der Waals surface area contributed by atoms with E-state index >= 15 is 0 Å². The van der Waals surface area contributed by atoms with Gasteiger partial charge in [0.05, 0.1) is 18.2 Å². The molecule has 0 rings (SSSR count). The van der Waals surface area contributed by atoms with Crippen LogP contribution in [0.3, 0.4) is 0 Å². The predicted octanol–water partition coefficient (Wildman–Crippen LogP) is 0.277. The van der Waals surface area contributed by atoms with Crippen molar-refractivity contribution in [3.63, 3.8) is 0 Å². The maximum Gasteiger partial charge on any atom is 0.236 e. The van der Waals surface area contributed by atoms with Crippen LogP contribution in [-0.4, -0.2) is 48.5 Å². The van der Waals surface area contributed by atoms with Gasteiger partial charge in [0.2, 0.25) is 5.91 Å². The van der Waals surface area contributed by atoms with Gasteiger partial charge in [0.1, 0.15) is 0 Å². The van der Waals surface area contributed by atoms with Gasteiger partial charge in [-0.1, -0.05) is 0 Å². The fourth-order valence-electron chi connectivity index (χ4n) is 1.21. The topological polar surface area (TPSA) is 70.6 Å². The van der Waals surface area contributed by atoms with Gasteiger partial charge in [-0.2, -0.15) is 0 Å². The Morgan fingerprint density at radius 2 is 1.88 bits per heavy atom. The standard InChI is InChI=1S/C12H26N2O3/c1-9(10(15)13-7-8-17-6)14-11(2,3)12(4,5)16/h9,14,16H,7-8H2,1-6H3,(H,13,15). The van der Waals surface area contributed by atoms with Crippen LogP contribution in [-0.2, 0) is 9.53 Å². The number of carbonyl (C=O) groups excluding carboxylic acids is 1. The zero-order chi connectivity index (χ0) is 13.7. The fourth-order valence-corrected chi connectivity index (χ4v) is 1.21. The lowest BCUT2D eigenvalue weighted by Crippen LogP contribution is -2.61. The van der Waals surface area contributed by atoms with Crippen molar-refractivity contribution in [2.24, 2.45) is 0 Å². The number of hydrogen-bond acceptors (Lipinski definition) is 4. The molecule has 3 N–H and O–H groups in total. The molecule has 1 atom stereocenters. The van der Waals surface area contributed by atoms with Gasteiger partial charge in [-0.25, -0.2) is 0 Å². The molecule has 0 fully saturated rings. The first-order chi connectivity index (χ1) is 7.62. The summed E-state index contributed by atoms with van der Waals surface area (Å²) in [5, 5.41) is 15.8. The van der Waals surface area contributed by atoms with Gasteiger partial charge < -0.3 is 15.2 Å². The number of hydrogen-bond donors (Lipinski definition) is 3. The van der Waals surface area contributed by atoms with E-state index in [0.717, 1.165) is 0 Å². The van der Waals surface area contributed by atoms with E-state index < -0.39 is 11.1 Å². The Morgan fingerprint density at radius 1 is 1.35 bits per heavy atom. The molecule has 0 saturated carbocycles. The van der Waals surface area contributed by atoms with Crippen molar-refractivity contribution < 1.29 is 14.6 Å². The van der Waals surface area contributed by atoms with Gasteiger partial charge in [0.25, 0.3) is 0 Å². The Kier molecular flexibility index (Phi) is 6.09. The van der Waals surface area contributed by atoms with Crippen molar-refractivity contribution in [1.82, 2.24) is 10.6 Å². The maximum absolute atomic E-state index is 11.7. The van der Waals surface area contributed by atoms with Crippen LogP contribution in [0.15, 0.2) is 0 Å². The van der Waals surface area contributed by atoms with Crippen LogP contribution in [0.1, 0.15) is 34.6 Å². The first-order valence-corrected chi connectivity index (χ1v) is 5.88. The van der Waals surface area contributed by atoms with Crippen LogP contribution >= 0.6 is 0 Å². The summed E-state index contributed by atoms with van der Waals surface area (Å²) < 4.78 is 4.85. The summed E-state index contributed by atoms with van der Waals surface area (Å²) in [6.45, 7) is 9.93. The third-order valence-electron chi connectivity index (χ3n) is 3.11. The highest BCUT2D eigenvalue weighted by molar-refractivity contribution is 5.81. The maximum atomic E-state index is 11.7. The molecule has 0 aromatic heterocycles. The third-order valence-corrected chi connectivity index (χ3v) is 3.11. The van der Waals surface area contributed by atoms with Gasteiger partial charge in [-0.05, 0) is 34.6 Å². The van der Waals surface area contributed by atoms with E-state index in [1.807, 2.05) is 13.8 Å². The molecule has 0 aromatic rings. The van der Waals surface area contributed by atoms with Crippen molar-refractivity contribution in [1.29, 1.82) is 0 Å². The van der Waals surface area contributed by atoms with Crippen molar-refractivity contribution in [2.75, 3.05) is 20.3 Å².